The average Bonchev–Trinajstić information content (AvgIpc) is 1.60. The van der Waals surface area contributed by atoms with Crippen molar-refractivity contribution in [3.63, 3.8) is 0 Å². The molecule has 0 aromatic heterocycles. The van der Waals surface area contributed by atoms with Crippen molar-refractivity contribution >= 4 is 6.09 Å². The summed E-state index contributed by atoms with van der Waals surface area (Å²) in [4.78, 5) is 12.3. The smallest absolute Gasteiger partial charge is 0.435 e. The molecule has 0 aliphatic heterocycles. The first-order valence-electron chi connectivity index (χ1n) is 3.07. The molecule has 0 unspecified atom stereocenters. The third-order valence-electron chi connectivity index (χ3n) is 1.15. The van der Waals surface area contributed by atoms with Crippen LogP contribution in [0.3, 0.4) is 0 Å². The second-order valence-electron chi connectivity index (χ2n) is 3.19. The van der Waals surface area contributed by atoms with Gasteiger partial charge in [-0.2, -0.15) is 4.79 Å². The van der Waals surface area contributed by atoms with Crippen LogP contribution in [-0.4, -0.2) is 55.4 Å². The summed E-state index contributed by atoms with van der Waals surface area (Å²) in [6.07, 6.45) is -0.811. The van der Waals surface area contributed by atoms with Crippen LogP contribution in [0.25, 0.3) is 0 Å². The van der Waals surface area contributed by atoms with Crippen molar-refractivity contribution < 1.29 is 14.4 Å². The molecule has 4 nitrogen and oxygen atoms in total. The molecule has 0 aromatic carbocycles. The Morgan fingerprint density at radius 3 is 2.00 bits per heavy atom. The summed E-state index contributed by atoms with van der Waals surface area (Å²) < 4.78 is -0.0208. The zero-order valence-electron chi connectivity index (χ0n) is 6.96. The van der Waals surface area contributed by atoms with Crippen LogP contribution in [0, 0.1) is 0 Å². The number of hydrogen-bond donors (Lipinski definition) is 1. The Morgan fingerprint density at radius 2 is 1.90 bits per heavy atom. The summed E-state index contributed by atoms with van der Waals surface area (Å²) in [6.45, 7) is 0.509. The van der Waals surface area contributed by atoms with Crippen molar-refractivity contribution in [1.82, 2.24) is 4.90 Å². The second-order valence-corrected chi connectivity index (χ2v) is 3.19. The Labute approximate surface area is 61.2 Å². The standard InChI is InChI=1S/C6H14N2O2/c1-7(2)5-8(3,4)6(9)10/h5H2,1-4H3/p+1. The van der Waals surface area contributed by atoms with E-state index >= 15 is 0 Å². The summed E-state index contributed by atoms with van der Waals surface area (Å²) in [7, 11) is 7.01. The highest BCUT2D eigenvalue weighted by Gasteiger charge is 2.25. The molecule has 0 aliphatic rings. The van der Waals surface area contributed by atoms with Crippen molar-refractivity contribution in [1.29, 1.82) is 0 Å². The Bertz CT molecular complexity index is 132. The van der Waals surface area contributed by atoms with E-state index in [0.717, 1.165) is 0 Å². The van der Waals surface area contributed by atoms with E-state index < -0.39 is 6.09 Å². The van der Waals surface area contributed by atoms with Gasteiger partial charge in [-0.25, -0.2) is 4.48 Å². The molecule has 0 saturated heterocycles. The maximum Gasteiger partial charge on any atom is 0.514 e. The van der Waals surface area contributed by atoms with Gasteiger partial charge in [0.2, 0.25) is 0 Å². The van der Waals surface area contributed by atoms with Gasteiger partial charge in [-0.15, -0.1) is 0 Å². The van der Waals surface area contributed by atoms with Crippen molar-refractivity contribution in [3.8, 4) is 0 Å². The van der Waals surface area contributed by atoms with Gasteiger partial charge in [-0.1, -0.05) is 0 Å². The number of hydrogen-bond acceptors (Lipinski definition) is 2. The molecule has 0 bridgehead atoms. The van der Waals surface area contributed by atoms with Crippen molar-refractivity contribution in [2.45, 2.75) is 0 Å². The molecule has 0 heterocycles. The van der Waals surface area contributed by atoms with Gasteiger partial charge in [0.25, 0.3) is 0 Å². The number of carboxylic acid groups (broad SMARTS) is 1. The fourth-order valence-corrected chi connectivity index (χ4v) is 0.768. The van der Waals surface area contributed by atoms with E-state index in [1.165, 1.54) is 0 Å². The van der Waals surface area contributed by atoms with Gasteiger partial charge in [0.05, 0.1) is 14.1 Å². The highest BCUT2D eigenvalue weighted by Crippen LogP contribution is 1.97. The summed E-state index contributed by atoms with van der Waals surface area (Å²) in [5.41, 5.74) is 0. The molecule has 0 aliphatic carbocycles. The highest BCUT2D eigenvalue weighted by molar-refractivity contribution is 5.56. The fourth-order valence-electron chi connectivity index (χ4n) is 0.768. The number of rotatable bonds is 2. The molecule has 60 valence electrons. The summed E-state index contributed by atoms with van der Waals surface area (Å²) in [5.74, 6) is 0. The molecular formula is C6H15N2O2+. The third-order valence-corrected chi connectivity index (χ3v) is 1.15. The van der Waals surface area contributed by atoms with Crippen LogP contribution in [0.4, 0.5) is 4.79 Å². The largest absolute Gasteiger partial charge is 0.514 e. The van der Waals surface area contributed by atoms with E-state index in [2.05, 4.69) is 0 Å². The molecular weight excluding hydrogens is 132 g/mol. The first-order valence-corrected chi connectivity index (χ1v) is 3.07. The predicted molar refractivity (Wildman–Crippen MR) is 38.7 cm³/mol. The molecule has 0 radical (unpaired) electrons. The van der Waals surface area contributed by atoms with Crippen LogP contribution in [0.5, 0.6) is 0 Å². The lowest BCUT2D eigenvalue weighted by molar-refractivity contribution is -0.827. The zero-order chi connectivity index (χ0) is 8.36. The van der Waals surface area contributed by atoms with E-state index in [4.69, 9.17) is 5.11 Å². The van der Waals surface area contributed by atoms with Gasteiger partial charge < -0.3 is 5.11 Å². The lowest BCUT2D eigenvalue weighted by Gasteiger charge is -2.25. The number of nitrogens with zero attached hydrogens (tertiary/aromatic N) is 2. The molecule has 10 heavy (non-hydrogen) atoms. The Kier molecular flexibility index (Phi) is 2.80. The van der Waals surface area contributed by atoms with E-state index in [1.54, 1.807) is 14.1 Å². The molecule has 0 atom stereocenters. The van der Waals surface area contributed by atoms with Crippen molar-refractivity contribution in [2.75, 3.05) is 34.9 Å². The van der Waals surface area contributed by atoms with Crippen LogP contribution in [0.1, 0.15) is 0 Å². The Hall–Kier alpha value is -0.610. The fraction of sp³-hybridized carbons (Fsp3) is 0.833. The molecule has 0 fully saturated rings. The van der Waals surface area contributed by atoms with Crippen LogP contribution in [0.2, 0.25) is 0 Å². The van der Waals surface area contributed by atoms with E-state index in [-0.39, 0.29) is 4.48 Å². The summed E-state index contributed by atoms with van der Waals surface area (Å²) >= 11 is 0. The van der Waals surface area contributed by atoms with Crippen molar-refractivity contribution in [2.24, 2.45) is 0 Å². The SMILES string of the molecule is CN(C)C[N+](C)(C)C(=O)O. The molecule has 0 saturated carbocycles. The monoisotopic (exact) mass is 147 g/mol. The third kappa shape index (κ3) is 2.80. The lowest BCUT2D eigenvalue weighted by atomic mass is 10.6. The van der Waals surface area contributed by atoms with Gasteiger partial charge in [-0.05, 0) is 14.1 Å². The molecule has 1 amide bonds. The molecule has 1 N–H and O–H groups in total. The Morgan fingerprint density at radius 1 is 1.50 bits per heavy atom. The van der Waals surface area contributed by atoms with Crippen molar-refractivity contribution in [3.05, 3.63) is 0 Å². The highest BCUT2D eigenvalue weighted by atomic mass is 16.4. The molecule has 0 rings (SSSR count). The minimum atomic E-state index is -0.811. The number of amides is 1. The van der Waals surface area contributed by atoms with Crippen LogP contribution < -0.4 is 0 Å². The first-order chi connectivity index (χ1) is 4.36. The van der Waals surface area contributed by atoms with E-state index in [1.807, 2.05) is 19.0 Å². The van der Waals surface area contributed by atoms with Gasteiger partial charge >= 0.3 is 6.09 Å². The van der Waals surface area contributed by atoms with Gasteiger partial charge in [0.1, 0.15) is 6.67 Å². The number of quaternary nitrogens is 1. The minimum absolute atomic E-state index is 0.0208. The quantitative estimate of drug-likeness (QED) is 0.450. The van der Waals surface area contributed by atoms with Crippen LogP contribution in [0.15, 0.2) is 0 Å². The van der Waals surface area contributed by atoms with Crippen LogP contribution in [-0.2, 0) is 0 Å². The predicted octanol–water partition coefficient (Wildman–Crippen LogP) is 0.260. The normalized spacial score (nSPS) is 12.1. The second kappa shape index (κ2) is 2.98. The zero-order valence-corrected chi connectivity index (χ0v) is 6.96. The maximum atomic E-state index is 10.5. The summed E-state index contributed by atoms with van der Waals surface area (Å²) in [5, 5.41) is 8.64. The van der Waals surface area contributed by atoms with Gasteiger partial charge in [-0.3, -0.25) is 4.90 Å². The first kappa shape index (κ1) is 9.39. The summed E-state index contributed by atoms with van der Waals surface area (Å²) in [6, 6.07) is 0. The van der Waals surface area contributed by atoms with Gasteiger partial charge in [0.15, 0.2) is 0 Å². The molecule has 0 aromatic rings. The molecule has 4 heteroatoms. The lowest BCUT2D eigenvalue weighted by Crippen LogP contribution is -2.49. The van der Waals surface area contributed by atoms with E-state index in [9.17, 15) is 4.79 Å². The van der Waals surface area contributed by atoms with Crippen LogP contribution >= 0.6 is 0 Å². The molecule has 0 spiro atoms. The topological polar surface area (TPSA) is 40.5 Å². The average molecular weight is 147 g/mol. The minimum Gasteiger partial charge on any atom is -0.435 e. The Balaban J connectivity index is 4.00. The van der Waals surface area contributed by atoms with Gasteiger partial charge in [0, 0.05) is 0 Å². The van der Waals surface area contributed by atoms with E-state index in [0.29, 0.717) is 6.67 Å². The number of carbonyl (C=O) groups is 1. The maximum absolute atomic E-state index is 10.5.